The first-order valence-electron chi connectivity index (χ1n) is 3.83. The predicted molar refractivity (Wildman–Crippen MR) is 52.6 cm³/mol. The molecule has 0 unspecified atom stereocenters. The molecule has 3 nitrogen and oxygen atoms in total. The summed E-state index contributed by atoms with van der Waals surface area (Å²) >= 11 is 1.42. The van der Waals surface area contributed by atoms with Gasteiger partial charge in [0.05, 0.1) is 0 Å². The van der Waals surface area contributed by atoms with Crippen LogP contribution in [0.1, 0.15) is 20.3 Å². The number of H-pyrrole nitrogens is 1. The van der Waals surface area contributed by atoms with Crippen molar-refractivity contribution < 1.29 is 0 Å². The van der Waals surface area contributed by atoms with Crippen LogP contribution in [-0.4, -0.2) is 16.2 Å². The maximum Gasteiger partial charge on any atom is 0.251 e. The van der Waals surface area contributed by atoms with E-state index in [9.17, 15) is 4.79 Å². The lowest BCUT2D eigenvalue weighted by molar-refractivity contribution is 0.940. The minimum atomic E-state index is -0.102. The molecule has 0 amide bonds. The van der Waals surface area contributed by atoms with Crippen LogP contribution in [0.15, 0.2) is 22.2 Å². The number of hydrogen-bond donors (Lipinski definition) is 1. The third kappa shape index (κ3) is 4.96. The second-order valence-electron chi connectivity index (χ2n) is 2.15. The molecular formula is C8H14N2OS. The van der Waals surface area contributed by atoms with Gasteiger partial charge in [0.2, 0.25) is 0 Å². The maximum absolute atomic E-state index is 10.5. The van der Waals surface area contributed by atoms with E-state index < -0.39 is 0 Å². The highest BCUT2D eigenvalue weighted by Crippen LogP contribution is 2.01. The largest absolute Gasteiger partial charge is 0.301 e. The van der Waals surface area contributed by atoms with Crippen LogP contribution in [0.5, 0.6) is 0 Å². The molecule has 0 aliphatic heterocycles. The van der Waals surface area contributed by atoms with Gasteiger partial charge in [0.15, 0.2) is 5.16 Å². The molecule has 0 aliphatic rings. The first-order valence-corrected chi connectivity index (χ1v) is 5.06. The highest BCUT2D eigenvalue weighted by Gasteiger charge is 1.87. The fraction of sp³-hybridized carbons (Fsp3) is 0.500. The number of thioether (sulfide) groups is 1. The molecule has 0 bridgehead atoms. The molecule has 1 N–H and O–H groups in total. The van der Waals surface area contributed by atoms with Crippen LogP contribution in [0.2, 0.25) is 0 Å². The Morgan fingerprint density at radius 2 is 2.17 bits per heavy atom. The van der Waals surface area contributed by atoms with Crippen LogP contribution >= 0.6 is 11.8 Å². The SMILES string of the molecule is CCC.CSc1nccc(=O)[nH]1. The van der Waals surface area contributed by atoms with Crippen molar-refractivity contribution in [1.82, 2.24) is 9.97 Å². The quantitative estimate of drug-likeness (QED) is 0.538. The minimum absolute atomic E-state index is 0.102. The topological polar surface area (TPSA) is 45.8 Å². The van der Waals surface area contributed by atoms with Crippen LogP contribution in [0, 0.1) is 0 Å². The third-order valence-corrected chi connectivity index (χ3v) is 1.44. The van der Waals surface area contributed by atoms with Gasteiger partial charge in [-0.25, -0.2) is 4.98 Å². The molecule has 0 radical (unpaired) electrons. The van der Waals surface area contributed by atoms with E-state index in [0.29, 0.717) is 5.16 Å². The van der Waals surface area contributed by atoms with Gasteiger partial charge < -0.3 is 4.98 Å². The summed E-state index contributed by atoms with van der Waals surface area (Å²) in [5.74, 6) is 0. The molecule has 0 aliphatic carbocycles. The van der Waals surface area contributed by atoms with Gasteiger partial charge in [-0.3, -0.25) is 4.79 Å². The monoisotopic (exact) mass is 186 g/mol. The lowest BCUT2D eigenvalue weighted by atomic mass is 10.6. The molecule has 0 fully saturated rings. The predicted octanol–water partition coefficient (Wildman–Crippen LogP) is 1.91. The molecule has 68 valence electrons. The van der Waals surface area contributed by atoms with Gasteiger partial charge in [0, 0.05) is 12.3 Å². The number of nitrogens with one attached hydrogen (secondary N) is 1. The average molecular weight is 186 g/mol. The van der Waals surface area contributed by atoms with E-state index in [-0.39, 0.29) is 5.56 Å². The Morgan fingerprint density at radius 1 is 1.58 bits per heavy atom. The Kier molecular flexibility index (Phi) is 6.47. The lowest BCUT2D eigenvalue weighted by Gasteiger charge is -1.89. The standard InChI is InChI=1S/C5H6N2OS.C3H8/c1-9-5-6-3-2-4(8)7-5;1-3-2/h2-3H,1H3,(H,6,7,8);3H2,1-2H3. The molecule has 1 aromatic heterocycles. The van der Waals surface area contributed by atoms with E-state index in [1.165, 1.54) is 30.4 Å². The van der Waals surface area contributed by atoms with Crippen LogP contribution in [0.25, 0.3) is 0 Å². The van der Waals surface area contributed by atoms with Gasteiger partial charge in [-0.1, -0.05) is 32.0 Å². The van der Waals surface area contributed by atoms with Gasteiger partial charge in [-0.2, -0.15) is 0 Å². The number of nitrogens with zero attached hydrogens (tertiary/aromatic N) is 1. The van der Waals surface area contributed by atoms with Gasteiger partial charge in [-0.15, -0.1) is 0 Å². The zero-order valence-electron chi connectivity index (χ0n) is 7.63. The normalized spacial score (nSPS) is 8.58. The van der Waals surface area contributed by atoms with E-state index in [4.69, 9.17) is 0 Å². The number of aromatic amines is 1. The molecule has 1 aromatic rings. The molecule has 0 saturated heterocycles. The van der Waals surface area contributed by atoms with E-state index >= 15 is 0 Å². The Balaban J connectivity index is 0.000000354. The summed E-state index contributed by atoms with van der Waals surface area (Å²) in [5.41, 5.74) is -0.102. The Labute approximate surface area is 76.6 Å². The van der Waals surface area contributed by atoms with Crippen LogP contribution in [0.4, 0.5) is 0 Å². The molecule has 4 heteroatoms. The zero-order chi connectivity index (χ0) is 9.40. The van der Waals surface area contributed by atoms with E-state index in [0.717, 1.165) is 0 Å². The summed E-state index contributed by atoms with van der Waals surface area (Å²) in [6.45, 7) is 4.25. The number of hydrogen-bond acceptors (Lipinski definition) is 3. The third-order valence-electron chi connectivity index (χ3n) is 0.841. The molecule has 1 heterocycles. The highest BCUT2D eigenvalue weighted by atomic mass is 32.2. The summed E-state index contributed by atoms with van der Waals surface area (Å²) in [6, 6.07) is 1.39. The first-order chi connectivity index (χ1) is 5.74. The van der Waals surface area contributed by atoms with Crippen molar-refractivity contribution in [3.05, 3.63) is 22.6 Å². The summed E-state index contributed by atoms with van der Waals surface area (Å²) in [5, 5.41) is 0.655. The van der Waals surface area contributed by atoms with Crippen LogP contribution in [-0.2, 0) is 0 Å². The average Bonchev–Trinajstić information content (AvgIpc) is 2.06. The second-order valence-corrected chi connectivity index (χ2v) is 2.95. The van der Waals surface area contributed by atoms with Gasteiger partial charge in [-0.05, 0) is 6.26 Å². The van der Waals surface area contributed by atoms with Crippen molar-refractivity contribution >= 4 is 11.8 Å². The first kappa shape index (κ1) is 11.2. The maximum atomic E-state index is 10.5. The van der Waals surface area contributed by atoms with Gasteiger partial charge in [0.1, 0.15) is 0 Å². The summed E-state index contributed by atoms with van der Waals surface area (Å²) < 4.78 is 0. The van der Waals surface area contributed by atoms with Crippen LogP contribution < -0.4 is 5.56 Å². The Morgan fingerprint density at radius 3 is 2.50 bits per heavy atom. The highest BCUT2D eigenvalue weighted by molar-refractivity contribution is 7.98. The van der Waals surface area contributed by atoms with Crippen molar-refractivity contribution in [1.29, 1.82) is 0 Å². The number of aromatic nitrogens is 2. The molecule has 0 atom stereocenters. The van der Waals surface area contributed by atoms with Gasteiger partial charge in [0.25, 0.3) is 5.56 Å². The molecular weight excluding hydrogens is 172 g/mol. The molecule has 1 rings (SSSR count). The fourth-order valence-electron chi connectivity index (χ4n) is 0.456. The smallest absolute Gasteiger partial charge is 0.251 e. The van der Waals surface area contributed by atoms with E-state index in [1.54, 1.807) is 0 Å². The van der Waals surface area contributed by atoms with Crippen molar-refractivity contribution in [2.45, 2.75) is 25.4 Å². The molecule has 0 aromatic carbocycles. The second kappa shape index (κ2) is 6.91. The van der Waals surface area contributed by atoms with Crippen molar-refractivity contribution in [3.63, 3.8) is 0 Å². The van der Waals surface area contributed by atoms with Crippen molar-refractivity contribution in [2.24, 2.45) is 0 Å². The Hall–Kier alpha value is -0.770. The Bertz CT molecular complexity index is 259. The zero-order valence-corrected chi connectivity index (χ0v) is 8.44. The molecule has 0 spiro atoms. The van der Waals surface area contributed by atoms with Crippen molar-refractivity contribution in [2.75, 3.05) is 6.26 Å². The summed E-state index contributed by atoms with van der Waals surface area (Å²) in [4.78, 5) is 17.0. The van der Waals surface area contributed by atoms with E-state index in [2.05, 4.69) is 23.8 Å². The fourth-order valence-corrected chi connectivity index (χ4v) is 0.825. The molecule has 0 saturated carbocycles. The number of rotatable bonds is 1. The lowest BCUT2D eigenvalue weighted by Crippen LogP contribution is -2.04. The summed E-state index contributed by atoms with van der Waals surface area (Å²) in [6.07, 6.45) is 4.60. The minimum Gasteiger partial charge on any atom is -0.301 e. The van der Waals surface area contributed by atoms with Gasteiger partial charge >= 0.3 is 0 Å². The summed E-state index contributed by atoms with van der Waals surface area (Å²) in [7, 11) is 0. The van der Waals surface area contributed by atoms with E-state index in [1.807, 2.05) is 6.26 Å². The molecule has 12 heavy (non-hydrogen) atoms. The van der Waals surface area contributed by atoms with Crippen molar-refractivity contribution in [3.8, 4) is 0 Å². The van der Waals surface area contributed by atoms with Crippen LogP contribution in [0.3, 0.4) is 0 Å².